The van der Waals surface area contributed by atoms with Crippen LogP contribution in [0.25, 0.3) is 10.9 Å². The van der Waals surface area contributed by atoms with Crippen LogP contribution in [0.4, 0.5) is 5.69 Å². The molecule has 6 heteroatoms. The molecule has 0 saturated carbocycles. The summed E-state index contributed by atoms with van der Waals surface area (Å²) in [7, 11) is 0. The average Bonchev–Trinajstić information content (AvgIpc) is 2.66. The fourth-order valence-corrected chi connectivity index (χ4v) is 2.65. The van der Waals surface area contributed by atoms with Gasteiger partial charge in [0.15, 0.2) is 0 Å². The number of nitrogens with one attached hydrogen (secondary N) is 1. The summed E-state index contributed by atoms with van der Waals surface area (Å²) in [6.45, 7) is 3.05. The molecule has 0 spiro atoms. The van der Waals surface area contributed by atoms with Gasteiger partial charge in [-0.1, -0.05) is 30.3 Å². The van der Waals surface area contributed by atoms with Crippen molar-refractivity contribution in [1.82, 2.24) is 14.9 Å². The number of para-hydroxylation sites is 2. The molecule has 1 amide bonds. The van der Waals surface area contributed by atoms with E-state index < -0.39 is 0 Å². The van der Waals surface area contributed by atoms with Gasteiger partial charge in [-0.3, -0.25) is 14.2 Å². The largest absolute Gasteiger partial charge is 0.363 e. The van der Waals surface area contributed by atoms with Gasteiger partial charge >= 0.3 is 0 Å². The van der Waals surface area contributed by atoms with Crippen LogP contribution in [0.1, 0.15) is 6.92 Å². The zero-order valence-corrected chi connectivity index (χ0v) is 14.1. The van der Waals surface area contributed by atoms with E-state index in [1.54, 1.807) is 18.2 Å². The molecule has 0 unspecified atom stereocenters. The van der Waals surface area contributed by atoms with E-state index in [2.05, 4.69) is 10.3 Å². The minimum atomic E-state index is -0.165. The van der Waals surface area contributed by atoms with E-state index >= 15 is 0 Å². The van der Waals surface area contributed by atoms with Gasteiger partial charge in [-0.25, -0.2) is 4.98 Å². The number of rotatable bonds is 6. The van der Waals surface area contributed by atoms with Gasteiger partial charge in [0.05, 0.1) is 30.4 Å². The summed E-state index contributed by atoms with van der Waals surface area (Å²) in [6, 6.07) is 16.9. The standard InChI is InChI=1S/C19H20N4O2/c1-2-22(15-8-4-3-5-9-15)12-18(24)21-14-23-13-20-17-11-7-6-10-16(17)19(23)25/h3-11,13H,2,12,14H2,1H3,(H,21,24). The first-order chi connectivity index (χ1) is 12.2. The first kappa shape index (κ1) is 16.7. The number of nitrogens with zero attached hydrogens (tertiary/aromatic N) is 3. The van der Waals surface area contributed by atoms with Crippen LogP contribution in [0.2, 0.25) is 0 Å². The SMILES string of the molecule is CCN(CC(=O)NCn1cnc2ccccc2c1=O)c1ccccc1. The molecule has 0 fully saturated rings. The van der Waals surface area contributed by atoms with Gasteiger partial charge in [-0.15, -0.1) is 0 Å². The Morgan fingerprint density at radius 3 is 2.60 bits per heavy atom. The Bertz CT molecular complexity index is 921. The van der Waals surface area contributed by atoms with Crippen molar-refractivity contribution in [3.63, 3.8) is 0 Å². The Balaban J connectivity index is 1.66. The molecular formula is C19H20N4O2. The topological polar surface area (TPSA) is 67.2 Å². The predicted molar refractivity (Wildman–Crippen MR) is 98.5 cm³/mol. The van der Waals surface area contributed by atoms with E-state index in [4.69, 9.17) is 0 Å². The Kier molecular flexibility index (Phi) is 5.09. The molecule has 0 radical (unpaired) electrons. The Labute approximate surface area is 145 Å². The second-order valence-electron chi connectivity index (χ2n) is 5.64. The average molecular weight is 336 g/mol. The van der Waals surface area contributed by atoms with Gasteiger partial charge in [0, 0.05) is 12.2 Å². The second kappa shape index (κ2) is 7.61. The minimum Gasteiger partial charge on any atom is -0.363 e. The van der Waals surface area contributed by atoms with Gasteiger partial charge in [0.2, 0.25) is 5.91 Å². The Morgan fingerprint density at radius 2 is 1.84 bits per heavy atom. The van der Waals surface area contributed by atoms with E-state index in [-0.39, 0.29) is 24.7 Å². The highest BCUT2D eigenvalue weighted by Crippen LogP contribution is 2.12. The van der Waals surface area contributed by atoms with Crippen molar-refractivity contribution < 1.29 is 4.79 Å². The lowest BCUT2D eigenvalue weighted by molar-refractivity contribution is -0.120. The fraction of sp³-hybridized carbons (Fsp3) is 0.211. The molecule has 0 aliphatic rings. The highest BCUT2D eigenvalue weighted by atomic mass is 16.2. The zero-order chi connectivity index (χ0) is 17.6. The van der Waals surface area contributed by atoms with Crippen LogP contribution < -0.4 is 15.8 Å². The second-order valence-corrected chi connectivity index (χ2v) is 5.64. The molecule has 3 aromatic rings. The van der Waals surface area contributed by atoms with Crippen molar-refractivity contribution in [1.29, 1.82) is 0 Å². The van der Waals surface area contributed by atoms with Crippen LogP contribution in [-0.4, -0.2) is 28.5 Å². The van der Waals surface area contributed by atoms with E-state index in [1.165, 1.54) is 10.9 Å². The van der Waals surface area contributed by atoms with Crippen molar-refractivity contribution >= 4 is 22.5 Å². The first-order valence-corrected chi connectivity index (χ1v) is 8.20. The number of benzene rings is 2. The summed E-state index contributed by atoms with van der Waals surface area (Å²) in [5, 5.41) is 3.32. The predicted octanol–water partition coefficient (Wildman–Crippen LogP) is 2.00. The van der Waals surface area contributed by atoms with Gasteiger partial charge in [0.25, 0.3) is 5.56 Å². The number of carbonyl (C=O) groups excluding carboxylic acids is 1. The summed E-state index contributed by atoms with van der Waals surface area (Å²) < 4.78 is 1.40. The number of hydrogen-bond donors (Lipinski definition) is 1. The van der Waals surface area contributed by atoms with Crippen LogP contribution in [0.5, 0.6) is 0 Å². The van der Waals surface area contributed by atoms with Gasteiger partial charge in [-0.05, 0) is 31.2 Å². The number of hydrogen-bond acceptors (Lipinski definition) is 4. The first-order valence-electron chi connectivity index (χ1n) is 8.20. The fourth-order valence-electron chi connectivity index (χ4n) is 2.65. The van der Waals surface area contributed by atoms with Gasteiger partial charge in [-0.2, -0.15) is 0 Å². The Hall–Kier alpha value is -3.15. The lowest BCUT2D eigenvalue weighted by atomic mass is 10.2. The van der Waals surface area contributed by atoms with Gasteiger partial charge < -0.3 is 10.2 Å². The number of fused-ring (bicyclic) bond motifs is 1. The molecule has 25 heavy (non-hydrogen) atoms. The molecule has 3 rings (SSSR count). The third-order valence-corrected chi connectivity index (χ3v) is 4.02. The molecule has 1 aromatic heterocycles. The Morgan fingerprint density at radius 1 is 1.12 bits per heavy atom. The van der Waals surface area contributed by atoms with E-state index in [0.717, 1.165) is 12.2 Å². The van der Waals surface area contributed by atoms with Crippen LogP contribution in [0, 0.1) is 0 Å². The molecule has 0 aliphatic carbocycles. The maximum Gasteiger partial charge on any atom is 0.262 e. The lowest BCUT2D eigenvalue weighted by Crippen LogP contribution is -2.39. The quantitative estimate of drug-likeness (QED) is 0.748. The van der Waals surface area contributed by atoms with Gasteiger partial charge in [0.1, 0.15) is 0 Å². The lowest BCUT2D eigenvalue weighted by Gasteiger charge is -2.22. The molecule has 0 aliphatic heterocycles. The third-order valence-electron chi connectivity index (χ3n) is 4.02. The maximum atomic E-state index is 12.4. The van der Waals surface area contributed by atoms with Crippen LogP contribution in [0.15, 0.2) is 65.7 Å². The number of amides is 1. The number of anilines is 1. The molecule has 6 nitrogen and oxygen atoms in total. The van der Waals surface area contributed by atoms with E-state index in [9.17, 15) is 9.59 Å². The summed E-state index contributed by atoms with van der Waals surface area (Å²) >= 11 is 0. The molecule has 1 heterocycles. The molecular weight excluding hydrogens is 316 g/mol. The summed E-state index contributed by atoms with van der Waals surface area (Å²) in [4.78, 5) is 30.9. The van der Waals surface area contributed by atoms with Crippen LogP contribution >= 0.6 is 0 Å². The minimum absolute atomic E-state index is 0.0991. The number of carbonyl (C=O) groups is 1. The van der Waals surface area contributed by atoms with Crippen molar-refractivity contribution in [3.8, 4) is 0 Å². The molecule has 0 atom stereocenters. The number of aromatic nitrogens is 2. The van der Waals surface area contributed by atoms with Crippen LogP contribution in [0.3, 0.4) is 0 Å². The third kappa shape index (κ3) is 3.85. The molecule has 1 N–H and O–H groups in total. The number of likely N-dealkylation sites (N-methyl/N-ethyl adjacent to an activating group) is 1. The molecule has 128 valence electrons. The summed E-state index contributed by atoms with van der Waals surface area (Å²) in [5.41, 5.74) is 1.47. The van der Waals surface area contributed by atoms with Crippen LogP contribution in [-0.2, 0) is 11.5 Å². The normalized spacial score (nSPS) is 10.6. The maximum absolute atomic E-state index is 12.4. The highest BCUT2D eigenvalue weighted by Gasteiger charge is 2.10. The van der Waals surface area contributed by atoms with E-state index in [1.807, 2.05) is 48.2 Å². The van der Waals surface area contributed by atoms with Crippen molar-refractivity contribution in [2.75, 3.05) is 18.0 Å². The summed E-state index contributed by atoms with van der Waals surface area (Å²) in [6.07, 6.45) is 1.46. The van der Waals surface area contributed by atoms with Crippen molar-refractivity contribution in [2.45, 2.75) is 13.6 Å². The summed E-state index contributed by atoms with van der Waals surface area (Å²) in [5.74, 6) is -0.147. The zero-order valence-electron chi connectivity index (χ0n) is 14.1. The van der Waals surface area contributed by atoms with Crippen molar-refractivity contribution in [3.05, 3.63) is 71.3 Å². The molecule has 0 bridgehead atoms. The van der Waals surface area contributed by atoms with E-state index in [0.29, 0.717) is 10.9 Å². The highest BCUT2D eigenvalue weighted by molar-refractivity contribution is 5.81. The molecule has 0 saturated heterocycles. The van der Waals surface area contributed by atoms with Crippen molar-refractivity contribution in [2.24, 2.45) is 0 Å². The monoisotopic (exact) mass is 336 g/mol. The smallest absolute Gasteiger partial charge is 0.262 e. The molecule has 2 aromatic carbocycles.